The van der Waals surface area contributed by atoms with Crippen LogP contribution in [0.2, 0.25) is 0 Å². The molecule has 0 unspecified atom stereocenters. The van der Waals surface area contributed by atoms with Crippen LogP contribution in [0, 0.1) is 17.6 Å². The van der Waals surface area contributed by atoms with E-state index in [0.717, 1.165) is 37.9 Å². The van der Waals surface area contributed by atoms with Crippen LogP contribution in [0.25, 0.3) is 0 Å². The van der Waals surface area contributed by atoms with E-state index >= 15 is 0 Å². The lowest BCUT2D eigenvalue weighted by Gasteiger charge is -2.23. The summed E-state index contributed by atoms with van der Waals surface area (Å²) in [5.41, 5.74) is 0.844. The van der Waals surface area contributed by atoms with Gasteiger partial charge < -0.3 is 10.1 Å². The Morgan fingerprint density at radius 2 is 1.78 bits per heavy atom. The van der Waals surface area contributed by atoms with Gasteiger partial charge in [0.15, 0.2) is 11.6 Å². The summed E-state index contributed by atoms with van der Waals surface area (Å²) < 4.78 is 33.1. The molecule has 1 saturated heterocycles. The molecule has 23 heavy (non-hydrogen) atoms. The van der Waals surface area contributed by atoms with Crippen LogP contribution in [0.3, 0.4) is 0 Å². The van der Waals surface area contributed by atoms with Crippen LogP contribution < -0.4 is 10.1 Å². The fourth-order valence-electron chi connectivity index (χ4n) is 2.87. The van der Waals surface area contributed by atoms with E-state index in [9.17, 15) is 8.78 Å². The van der Waals surface area contributed by atoms with Crippen molar-refractivity contribution in [2.75, 3.05) is 13.1 Å². The molecule has 124 valence electrons. The number of para-hydroxylation sites is 1. The molecule has 1 heterocycles. The van der Waals surface area contributed by atoms with Crippen molar-refractivity contribution in [1.29, 1.82) is 0 Å². The molecule has 0 radical (unpaired) electrons. The summed E-state index contributed by atoms with van der Waals surface area (Å²) in [5.74, 6) is 0.255. The molecule has 2 aromatic carbocycles. The van der Waals surface area contributed by atoms with Gasteiger partial charge in [0.1, 0.15) is 11.6 Å². The molecule has 0 amide bonds. The van der Waals surface area contributed by atoms with Crippen LogP contribution in [-0.4, -0.2) is 13.1 Å². The molecule has 5 heteroatoms. The maximum atomic E-state index is 14.2. The molecule has 0 saturated carbocycles. The molecule has 3 rings (SSSR count). The normalized spacial score (nSPS) is 15.0. The first-order chi connectivity index (χ1) is 10.7. The van der Waals surface area contributed by atoms with Crippen LogP contribution in [0.15, 0.2) is 42.5 Å². The summed E-state index contributed by atoms with van der Waals surface area (Å²) >= 11 is 0. The van der Waals surface area contributed by atoms with Gasteiger partial charge >= 0.3 is 0 Å². The Balaban J connectivity index is 0.00000192. The van der Waals surface area contributed by atoms with Gasteiger partial charge in [0, 0.05) is 6.07 Å². The van der Waals surface area contributed by atoms with E-state index in [0.29, 0.717) is 11.7 Å². The van der Waals surface area contributed by atoms with Crippen molar-refractivity contribution in [3.05, 3.63) is 59.7 Å². The Hall–Kier alpha value is -1.65. The van der Waals surface area contributed by atoms with Gasteiger partial charge in [0.25, 0.3) is 0 Å². The minimum atomic E-state index is -0.407. The zero-order chi connectivity index (χ0) is 15.4. The van der Waals surface area contributed by atoms with E-state index in [1.165, 1.54) is 18.2 Å². The maximum Gasteiger partial charge on any atom is 0.166 e. The molecule has 2 nitrogen and oxygen atoms in total. The third-order valence-electron chi connectivity index (χ3n) is 4.03. The molecule has 1 aliphatic heterocycles. The van der Waals surface area contributed by atoms with Crippen LogP contribution in [0.1, 0.15) is 18.4 Å². The Labute approximate surface area is 141 Å². The molecular weight excluding hydrogens is 320 g/mol. The summed E-state index contributed by atoms with van der Waals surface area (Å²) in [4.78, 5) is 0. The average molecular weight is 340 g/mol. The number of ether oxygens (including phenoxy) is 1. The number of halogens is 3. The molecule has 1 N–H and O–H groups in total. The van der Waals surface area contributed by atoms with Crippen molar-refractivity contribution < 1.29 is 13.5 Å². The topological polar surface area (TPSA) is 21.3 Å². The zero-order valence-corrected chi connectivity index (χ0v) is 13.5. The molecular formula is C18H20ClF2NO. The fraction of sp³-hybridized carbons (Fsp3) is 0.333. The number of rotatable bonds is 4. The van der Waals surface area contributed by atoms with E-state index in [4.69, 9.17) is 4.74 Å². The van der Waals surface area contributed by atoms with Crippen molar-refractivity contribution in [3.63, 3.8) is 0 Å². The Kier molecular flexibility index (Phi) is 6.37. The third-order valence-corrected chi connectivity index (χ3v) is 4.03. The largest absolute Gasteiger partial charge is 0.454 e. The Bertz CT molecular complexity index is 645. The first-order valence-corrected chi connectivity index (χ1v) is 7.64. The first kappa shape index (κ1) is 17.7. The van der Waals surface area contributed by atoms with Crippen LogP contribution in [0.4, 0.5) is 8.78 Å². The number of hydrogen-bond acceptors (Lipinski definition) is 2. The predicted octanol–water partition coefficient (Wildman–Crippen LogP) is 4.72. The SMILES string of the molecule is Cl.Fc1cccc(Oc2c(F)cccc2CC2CCNCC2)c1. The molecule has 0 bridgehead atoms. The first-order valence-electron chi connectivity index (χ1n) is 7.64. The lowest BCUT2D eigenvalue weighted by atomic mass is 9.90. The van der Waals surface area contributed by atoms with Crippen molar-refractivity contribution in [1.82, 2.24) is 5.32 Å². The fourth-order valence-corrected chi connectivity index (χ4v) is 2.87. The highest BCUT2D eigenvalue weighted by Crippen LogP contribution is 2.31. The third kappa shape index (κ3) is 4.66. The predicted molar refractivity (Wildman–Crippen MR) is 89.4 cm³/mol. The lowest BCUT2D eigenvalue weighted by Crippen LogP contribution is -2.28. The van der Waals surface area contributed by atoms with E-state index in [2.05, 4.69) is 5.32 Å². The minimum Gasteiger partial charge on any atom is -0.454 e. The molecule has 1 fully saturated rings. The van der Waals surface area contributed by atoms with Gasteiger partial charge in [-0.1, -0.05) is 18.2 Å². The van der Waals surface area contributed by atoms with Gasteiger partial charge in [0.2, 0.25) is 0 Å². The maximum absolute atomic E-state index is 14.2. The molecule has 2 aromatic rings. The molecule has 1 aliphatic rings. The van der Waals surface area contributed by atoms with E-state index in [1.54, 1.807) is 18.2 Å². The van der Waals surface area contributed by atoms with Crippen molar-refractivity contribution >= 4 is 12.4 Å². The standard InChI is InChI=1S/C18H19F2NO.ClH/c19-15-4-2-5-16(12-15)22-18-14(3-1-6-17(18)20)11-13-7-9-21-10-8-13;/h1-6,12-13,21H,7-11H2;1H. The van der Waals surface area contributed by atoms with Gasteiger partial charge in [-0.25, -0.2) is 8.78 Å². The summed E-state index contributed by atoms with van der Waals surface area (Å²) in [7, 11) is 0. The van der Waals surface area contributed by atoms with E-state index < -0.39 is 11.6 Å². The van der Waals surface area contributed by atoms with Crippen molar-refractivity contribution in [3.8, 4) is 11.5 Å². The molecule has 0 atom stereocenters. The number of nitrogens with one attached hydrogen (secondary N) is 1. The van der Waals surface area contributed by atoms with E-state index in [1.807, 2.05) is 6.07 Å². The van der Waals surface area contributed by atoms with Gasteiger partial charge in [-0.3, -0.25) is 0 Å². The van der Waals surface area contributed by atoms with Gasteiger partial charge in [0.05, 0.1) is 0 Å². The highest BCUT2D eigenvalue weighted by molar-refractivity contribution is 5.85. The average Bonchev–Trinajstić information content (AvgIpc) is 2.52. The summed E-state index contributed by atoms with van der Waals surface area (Å²) in [6.07, 6.45) is 2.94. The monoisotopic (exact) mass is 339 g/mol. The van der Waals surface area contributed by atoms with E-state index in [-0.39, 0.29) is 18.2 Å². The highest BCUT2D eigenvalue weighted by atomic mass is 35.5. The Morgan fingerprint density at radius 3 is 2.52 bits per heavy atom. The second-order valence-corrected chi connectivity index (χ2v) is 5.69. The number of hydrogen-bond donors (Lipinski definition) is 1. The minimum absolute atomic E-state index is 0. The Morgan fingerprint density at radius 1 is 1.04 bits per heavy atom. The lowest BCUT2D eigenvalue weighted by molar-refractivity contribution is 0.364. The van der Waals surface area contributed by atoms with Crippen LogP contribution in [-0.2, 0) is 6.42 Å². The van der Waals surface area contributed by atoms with Crippen molar-refractivity contribution in [2.24, 2.45) is 5.92 Å². The van der Waals surface area contributed by atoms with Crippen LogP contribution in [0.5, 0.6) is 11.5 Å². The van der Waals surface area contributed by atoms with Crippen molar-refractivity contribution in [2.45, 2.75) is 19.3 Å². The molecule has 0 spiro atoms. The molecule has 0 aliphatic carbocycles. The zero-order valence-electron chi connectivity index (χ0n) is 12.7. The summed E-state index contributed by atoms with van der Waals surface area (Å²) in [5, 5.41) is 3.33. The quantitative estimate of drug-likeness (QED) is 0.870. The van der Waals surface area contributed by atoms with Gasteiger partial charge in [-0.15, -0.1) is 12.4 Å². The van der Waals surface area contributed by atoms with Gasteiger partial charge in [-0.2, -0.15) is 0 Å². The smallest absolute Gasteiger partial charge is 0.166 e. The number of benzene rings is 2. The van der Waals surface area contributed by atoms with Gasteiger partial charge in [-0.05, 0) is 62.0 Å². The molecule has 0 aromatic heterocycles. The second-order valence-electron chi connectivity index (χ2n) is 5.69. The second kappa shape index (κ2) is 8.27. The van der Waals surface area contributed by atoms with Crippen LogP contribution >= 0.6 is 12.4 Å². The summed E-state index contributed by atoms with van der Waals surface area (Å²) in [6, 6.07) is 10.7. The highest BCUT2D eigenvalue weighted by Gasteiger charge is 2.18. The summed E-state index contributed by atoms with van der Waals surface area (Å²) in [6.45, 7) is 2.00. The number of piperidine rings is 1.